The smallest absolute Gasteiger partial charge is 0.273 e. The zero-order valence-electron chi connectivity index (χ0n) is 14.3. The number of aryl methyl sites for hydroxylation is 2. The number of morpholine rings is 1. The molecule has 0 saturated carbocycles. The standard InChI is InChI=1S/C18H24N4O2/c1-3-22-17(11-14(2)20-22)18(23)19-16-6-4-5-15(12-16)13-21-7-9-24-10-8-21/h4-6,11-12H,3,7-10,13H2,1-2H3,(H,19,23). The second kappa shape index (κ2) is 7.59. The summed E-state index contributed by atoms with van der Waals surface area (Å²) in [6, 6.07) is 9.84. The Balaban J connectivity index is 1.68. The fourth-order valence-electron chi connectivity index (χ4n) is 2.93. The quantitative estimate of drug-likeness (QED) is 0.915. The van der Waals surface area contributed by atoms with E-state index in [2.05, 4.69) is 21.4 Å². The molecule has 1 N–H and O–H groups in total. The number of hydrogen-bond donors (Lipinski definition) is 1. The molecule has 0 radical (unpaired) electrons. The summed E-state index contributed by atoms with van der Waals surface area (Å²) < 4.78 is 7.10. The monoisotopic (exact) mass is 328 g/mol. The molecular formula is C18H24N4O2. The zero-order valence-corrected chi connectivity index (χ0v) is 14.3. The maximum absolute atomic E-state index is 12.5. The summed E-state index contributed by atoms with van der Waals surface area (Å²) in [7, 11) is 0. The Morgan fingerprint density at radius 3 is 2.83 bits per heavy atom. The van der Waals surface area contributed by atoms with Gasteiger partial charge in [-0.3, -0.25) is 14.4 Å². The molecule has 0 bridgehead atoms. The Bertz CT molecular complexity index is 705. The summed E-state index contributed by atoms with van der Waals surface area (Å²) in [6.07, 6.45) is 0. The van der Waals surface area contributed by atoms with Crippen LogP contribution in [0, 0.1) is 6.92 Å². The number of carbonyl (C=O) groups excluding carboxylic acids is 1. The van der Waals surface area contributed by atoms with Crippen LogP contribution in [-0.2, 0) is 17.8 Å². The van der Waals surface area contributed by atoms with Gasteiger partial charge in [0.15, 0.2) is 0 Å². The number of carbonyl (C=O) groups is 1. The molecule has 2 heterocycles. The molecule has 1 aliphatic rings. The summed E-state index contributed by atoms with van der Waals surface area (Å²) in [5.74, 6) is -0.124. The minimum atomic E-state index is -0.124. The summed E-state index contributed by atoms with van der Waals surface area (Å²) in [6.45, 7) is 8.90. The predicted octanol–water partition coefficient (Wildman–Crippen LogP) is 2.30. The normalized spacial score (nSPS) is 15.4. The van der Waals surface area contributed by atoms with Crippen LogP contribution in [0.1, 0.15) is 28.7 Å². The molecule has 0 aliphatic carbocycles. The average molecular weight is 328 g/mol. The number of anilines is 1. The van der Waals surface area contributed by atoms with Crippen LogP contribution >= 0.6 is 0 Å². The molecule has 6 heteroatoms. The molecule has 1 aliphatic heterocycles. The number of aromatic nitrogens is 2. The lowest BCUT2D eigenvalue weighted by atomic mass is 10.1. The van der Waals surface area contributed by atoms with Gasteiger partial charge in [-0.2, -0.15) is 5.10 Å². The van der Waals surface area contributed by atoms with Gasteiger partial charge in [0, 0.05) is 31.9 Å². The molecular weight excluding hydrogens is 304 g/mol. The summed E-state index contributed by atoms with van der Waals surface area (Å²) in [5.41, 5.74) is 3.44. The van der Waals surface area contributed by atoms with E-state index in [1.165, 1.54) is 5.56 Å². The van der Waals surface area contributed by atoms with Crippen LogP contribution in [0.4, 0.5) is 5.69 Å². The number of hydrogen-bond acceptors (Lipinski definition) is 4. The van der Waals surface area contributed by atoms with Crippen LogP contribution in [0.3, 0.4) is 0 Å². The van der Waals surface area contributed by atoms with Crippen molar-refractivity contribution in [2.45, 2.75) is 26.9 Å². The first kappa shape index (κ1) is 16.7. The largest absolute Gasteiger partial charge is 0.379 e. The van der Waals surface area contributed by atoms with Crippen molar-refractivity contribution in [3.8, 4) is 0 Å². The third-order valence-corrected chi connectivity index (χ3v) is 4.13. The van der Waals surface area contributed by atoms with Gasteiger partial charge in [-0.25, -0.2) is 0 Å². The second-order valence-corrected chi connectivity index (χ2v) is 6.03. The van der Waals surface area contributed by atoms with Gasteiger partial charge >= 0.3 is 0 Å². The summed E-state index contributed by atoms with van der Waals surface area (Å²) >= 11 is 0. The number of benzene rings is 1. The van der Waals surface area contributed by atoms with E-state index in [0.29, 0.717) is 12.2 Å². The molecule has 1 aromatic heterocycles. The van der Waals surface area contributed by atoms with E-state index < -0.39 is 0 Å². The third-order valence-electron chi connectivity index (χ3n) is 4.13. The third kappa shape index (κ3) is 4.01. The van der Waals surface area contributed by atoms with E-state index >= 15 is 0 Å². The van der Waals surface area contributed by atoms with Crippen molar-refractivity contribution in [3.05, 3.63) is 47.3 Å². The highest BCUT2D eigenvalue weighted by Gasteiger charge is 2.14. The van der Waals surface area contributed by atoms with Crippen LogP contribution in [0.5, 0.6) is 0 Å². The van der Waals surface area contributed by atoms with Crippen molar-refractivity contribution >= 4 is 11.6 Å². The van der Waals surface area contributed by atoms with E-state index in [4.69, 9.17) is 4.74 Å². The Labute approximate surface area is 142 Å². The van der Waals surface area contributed by atoms with Gasteiger partial charge in [0.25, 0.3) is 5.91 Å². The van der Waals surface area contributed by atoms with Crippen molar-refractivity contribution in [3.63, 3.8) is 0 Å². The maximum atomic E-state index is 12.5. The predicted molar refractivity (Wildman–Crippen MR) is 93.1 cm³/mol. The topological polar surface area (TPSA) is 59.4 Å². The van der Waals surface area contributed by atoms with Gasteiger partial charge in [0.05, 0.1) is 18.9 Å². The fourth-order valence-corrected chi connectivity index (χ4v) is 2.93. The first-order valence-corrected chi connectivity index (χ1v) is 8.40. The van der Waals surface area contributed by atoms with Gasteiger partial charge in [0.2, 0.25) is 0 Å². The molecule has 1 saturated heterocycles. The second-order valence-electron chi connectivity index (χ2n) is 6.03. The van der Waals surface area contributed by atoms with Crippen molar-refractivity contribution in [2.24, 2.45) is 0 Å². The fraction of sp³-hybridized carbons (Fsp3) is 0.444. The van der Waals surface area contributed by atoms with Crippen LogP contribution in [0.15, 0.2) is 30.3 Å². The van der Waals surface area contributed by atoms with Crippen molar-refractivity contribution in [2.75, 3.05) is 31.6 Å². The molecule has 24 heavy (non-hydrogen) atoms. The van der Waals surface area contributed by atoms with Gasteiger partial charge < -0.3 is 10.1 Å². The van der Waals surface area contributed by atoms with Crippen LogP contribution in [0.2, 0.25) is 0 Å². The number of amides is 1. The molecule has 1 fully saturated rings. The Morgan fingerprint density at radius 2 is 2.08 bits per heavy atom. The number of nitrogens with zero attached hydrogens (tertiary/aromatic N) is 3. The number of rotatable bonds is 5. The maximum Gasteiger partial charge on any atom is 0.273 e. The molecule has 6 nitrogen and oxygen atoms in total. The van der Waals surface area contributed by atoms with E-state index in [1.54, 1.807) is 4.68 Å². The minimum absolute atomic E-state index is 0.124. The lowest BCUT2D eigenvalue weighted by Crippen LogP contribution is -2.35. The Morgan fingerprint density at radius 1 is 1.29 bits per heavy atom. The molecule has 1 aromatic carbocycles. The van der Waals surface area contributed by atoms with Crippen molar-refractivity contribution < 1.29 is 9.53 Å². The minimum Gasteiger partial charge on any atom is -0.379 e. The molecule has 0 unspecified atom stereocenters. The van der Waals surface area contributed by atoms with E-state index in [1.807, 2.05) is 38.1 Å². The van der Waals surface area contributed by atoms with Gasteiger partial charge in [0.1, 0.15) is 5.69 Å². The zero-order chi connectivity index (χ0) is 16.9. The molecule has 2 aromatic rings. The van der Waals surface area contributed by atoms with E-state index in [-0.39, 0.29) is 5.91 Å². The molecule has 0 spiro atoms. The average Bonchev–Trinajstić information content (AvgIpc) is 2.97. The first-order valence-electron chi connectivity index (χ1n) is 8.40. The SMILES string of the molecule is CCn1nc(C)cc1C(=O)Nc1cccc(CN2CCOCC2)c1. The lowest BCUT2D eigenvalue weighted by Gasteiger charge is -2.26. The van der Waals surface area contributed by atoms with Gasteiger partial charge in [-0.1, -0.05) is 12.1 Å². The Kier molecular flexibility index (Phi) is 5.27. The Hall–Kier alpha value is -2.18. The highest BCUT2D eigenvalue weighted by atomic mass is 16.5. The van der Waals surface area contributed by atoms with E-state index in [0.717, 1.165) is 44.2 Å². The molecule has 0 atom stereocenters. The highest BCUT2D eigenvalue weighted by Crippen LogP contribution is 2.15. The molecule has 1 amide bonds. The summed E-state index contributed by atoms with van der Waals surface area (Å²) in [5, 5.41) is 7.30. The van der Waals surface area contributed by atoms with Crippen LogP contribution in [-0.4, -0.2) is 46.9 Å². The van der Waals surface area contributed by atoms with Crippen LogP contribution in [0.25, 0.3) is 0 Å². The molecule has 128 valence electrons. The lowest BCUT2D eigenvalue weighted by molar-refractivity contribution is 0.0342. The first-order chi connectivity index (χ1) is 11.7. The highest BCUT2D eigenvalue weighted by molar-refractivity contribution is 6.03. The van der Waals surface area contributed by atoms with Crippen molar-refractivity contribution in [1.29, 1.82) is 0 Å². The van der Waals surface area contributed by atoms with Crippen LogP contribution < -0.4 is 5.32 Å². The van der Waals surface area contributed by atoms with Crippen molar-refractivity contribution in [1.82, 2.24) is 14.7 Å². The molecule has 3 rings (SSSR count). The van der Waals surface area contributed by atoms with E-state index in [9.17, 15) is 4.79 Å². The number of nitrogens with one attached hydrogen (secondary N) is 1. The summed E-state index contributed by atoms with van der Waals surface area (Å²) in [4.78, 5) is 14.9. The van der Waals surface area contributed by atoms with Gasteiger partial charge in [-0.05, 0) is 37.6 Å². The number of ether oxygens (including phenoxy) is 1. The van der Waals surface area contributed by atoms with Gasteiger partial charge in [-0.15, -0.1) is 0 Å².